The summed E-state index contributed by atoms with van der Waals surface area (Å²) in [5.41, 5.74) is 6.20. The van der Waals surface area contributed by atoms with E-state index >= 15 is 0 Å². The quantitative estimate of drug-likeness (QED) is 0.802. The Morgan fingerprint density at radius 2 is 2.12 bits per heavy atom. The minimum absolute atomic E-state index is 0.111. The van der Waals surface area contributed by atoms with Crippen molar-refractivity contribution in [2.75, 3.05) is 27.4 Å². The molecule has 2 amide bonds. The average Bonchev–Trinajstić information content (AvgIpc) is 3.00. The minimum Gasteiger partial charge on any atom is -0.497 e. The largest absolute Gasteiger partial charge is 0.497 e. The molecule has 0 radical (unpaired) electrons. The highest BCUT2D eigenvalue weighted by Crippen LogP contribution is 2.30. The van der Waals surface area contributed by atoms with Gasteiger partial charge >= 0.3 is 0 Å². The van der Waals surface area contributed by atoms with Crippen LogP contribution in [0.25, 0.3) is 5.57 Å². The number of benzene rings is 1. The van der Waals surface area contributed by atoms with Crippen LogP contribution >= 0.6 is 0 Å². The summed E-state index contributed by atoms with van der Waals surface area (Å²) in [6, 6.07) is 7.47. The van der Waals surface area contributed by atoms with Crippen molar-refractivity contribution >= 4 is 17.4 Å². The van der Waals surface area contributed by atoms with Crippen molar-refractivity contribution in [3.8, 4) is 5.75 Å². The van der Waals surface area contributed by atoms with Crippen LogP contribution in [0.4, 0.5) is 0 Å². The van der Waals surface area contributed by atoms with Gasteiger partial charge in [0.25, 0.3) is 0 Å². The van der Waals surface area contributed by atoms with E-state index in [-0.39, 0.29) is 12.5 Å². The molecule has 1 aromatic rings. The zero-order valence-electron chi connectivity index (χ0n) is 14.4. The lowest BCUT2D eigenvalue weighted by atomic mass is 9.96. The SMILES string of the molecule is COCC1(C(N)=O)CCCN1C(=O)/C=C(\C)c1cccc(OC)c1. The Hall–Kier alpha value is -2.34. The molecule has 0 bridgehead atoms. The summed E-state index contributed by atoms with van der Waals surface area (Å²) in [6.45, 7) is 2.46. The van der Waals surface area contributed by atoms with Crippen LogP contribution in [0, 0.1) is 0 Å². The van der Waals surface area contributed by atoms with Gasteiger partial charge < -0.3 is 20.1 Å². The van der Waals surface area contributed by atoms with Gasteiger partial charge in [-0.1, -0.05) is 12.1 Å². The molecule has 0 aliphatic carbocycles. The first-order valence-corrected chi connectivity index (χ1v) is 7.88. The lowest BCUT2D eigenvalue weighted by Gasteiger charge is -2.34. The van der Waals surface area contributed by atoms with Gasteiger partial charge in [-0.25, -0.2) is 0 Å². The molecule has 130 valence electrons. The van der Waals surface area contributed by atoms with Gasteiger partial charge in [-0.2, -0.15) is 0 Å². The summed E-state index contributed by atoms with van der Waals surface area (Å²) in [7, 11) is 3.10. The van der Waals surface area contributed by atoms with Crippen molar-refractivity contribution in [3.05, 3.63) is 35.9 Å². The number of carbonyl (C=O) groups is 2. The molecule has 0 aromatic heterocycles. The third-order valence-electron chi connectivity index (χ3n) is 4.46. The van der Waals surface area contributed by atoms with Gasteiger partial charge in [0, 0.05) is 19.7 Å². The van der Waals surface area contributed by atoms with Gasteiger partial charge in [0.1, 0.15) is 11.3 Å². The Morgan fingerprint density at radius 1 is 1.38 bits per heavy atom. The molecule has 1 aromatic carbocycles. The molecule has 1 heterocycles. The molecule has 24 heavy (non-hydrogen) atoms. The lowest BCUT2D eigenvalue weighted by molar-refractivity contribution is -0.143. The van der Waals surface area contributed by atoms with Crippen LogP contribution in [-0.4, -0.2) is 49.6 Å². The second-order valence-corrected chi connectivity index (χ2v) is 5.98. The van der Waals surface area contributed by atoms with Gasteiger partial charge in [-0.15, -0.1) is 0 Å². The highest BCUT2D eigenvalue weighted by molar-refractivity contribution is 5.99. The van der Waals surface area contributed by atoms with Crippen molar-refractivity contribution in [2.45, 2.75) is 25.3 Å². The number of methoxy groups -OCH3 is 2. The number of nitrogens with zero attached hydrogens (tertiary/aromatic N) is 1. The Balaban J connectivity index is 2.27. The highest BCUT2D eigenvalue weighted by atomic mass is 16.5. The van der Waals surface area contributed by atoms with E-state index in [1.165, 1.54) is 18.1 Å². The van der Waals surface area contributed by atoms with Crippen molar-refractivity contribution in [1.29, 1.82) is 0 Å². The van der Waals surface area contributed by atoms with Crippen LogP contribution in [0.1, 0.15) is 25.3 Å². The van der Waals surface area contributed by atoms with E-state index in [0.717, 1.165) is 23.3 Å². The van der Waals surface area contributed by atoms with Crippen LogP contribution in [0.5, 0.6) is 5.75 Å². The standard InChI is InChI=1S/C18H24N2O4/c1-13(14-6-4-7-15(11-14)24-3)10-16(21)20-9-5-8-18(20,12-23-2)17(19)22/h4,6-7,10-11H,5,8-9,12H2,1-3H3,(H2,19,22)/b13-10+. The number of nitrogens with two attached hydrogens (primary N) is 1. The maximum atomic E-state index is 12.7. The van der Waals surface area contributed by atoms with Crippen molar-refractivity contribution in [2.24, 2.45) is 5.73 Å². The molecule has 0 spiro atoms. The smallest absolute Gasteiger partial charge is 0.247 e. The normalized spacial score (nSPS) is 21.0. The highest BCUT2D eigenvalue weighted by Gasteiger charge is 2.48. The van der Waals surface area contributed by atoms with E-state index in [9.17, 15) is 9.59 Å². The van der Waals surface area contributed by atoms with Crippen LogP contribution < -0.4 is 10.5 Å². The van der Waals surface area contributed by atoms with Crippen LogP contribution in [0.15, 0.2) is 30.3 Å². The molecule has 1 unspecified atom stereocenters. The molecular weight excluding hydrogens is 308 g/mol. The number of amides is 2. The Bertz CT molecular complexity index is 656. The number of likely N-dealkylation sites (tertiary alicyclic amines) is 1. The van der Waals surface area contributed by atoms with E-state index in [2.05, 4.69) is 0 Å². The molecular formula is C18H24N2O4. The summed E-state index contributed by atoms with van der Waals surface area (Å²) in [6.07, 6.45) is 2.78. The number of hydrogen-bond acceptors (Lipinski definition) is 4. The van der Waals surface area contributed by atoms with Crippen LogP contribution in [-0.2, 0) is 14.3 Å². The number of allylic oxidation sites excluding steroid dienone is 1. The Labute approximate surface area is 142 Å². The van der Waals surface area contributed by atoms with Gasteiger partial charge in [-0.05, 0) is 43.0 Å². The number of carbonyl (C=O) groups excluding carboxylic acids is 2. The fourth-order valence-corrected chi connectivity index (χ4v) is 3.13. The minimum atomic E-state index is -1.06. The summed E-state index contributed by atoms with van der Waals surface area (Å²) < 4.78 is 10.4. The molecule has 6 heteroatoms. The third kappa shape index (κ3) is 3.43. The molecule has 2 N–H and O–H groups in total. The third-order valence-corrected chi connectivity index (χ3v) is 4.46. The maximum Gasteiger partial charge on any atom is 0.247 e. The van der Waals surface area contributed by atoms with Crippen molar-refractivity contribution in [3.63, 3.8) is 0 Å². The first kappa shape index (κ1) is 18.0. The van der Waals surface area contributed by atoms with E-state index in [0.29, 0.717) is 13.0 Å². The van der Waals surface area contributed by atoms with E-state index in [4.69, 9.17) is 15.2 Å². The molecule has 1 aliphatic heterocycles. The Morgan fingerprint density at radius 3 is 2.75 bits per heavy atom. The fraction of sp³-hybridized carbons (Fsp3) is 0.444. The molecule has 1 atom stereocenters. The molecule has 6 nitrogen and oxygen atoms in total. The Kier molecular flexibility index (Phi) is 5.62. The monoisotopic (exact) mass is 332 g/mol. The maximum absolute atomic E-state index is 12.7. The van der Waals surface area contributed by atoms with E-state index in [1.54, 1.807) is 7.11 Å². The average molecular weight is 332 g/mol. The summed E-state index contributed by atoms with van der Waals surface area (Å²) in [5.74, 6) is -0.0361. The van der Waals surface area contributed by atoms with Gasteiger partial charge in [0.2, 0.25) is 11.8 Å². The first-order valence-electron chi connectivity index (χ1n) is 7.88. The lowest BCUT2D eigenvalue weighted by Crippen LogP contribution is -2.58. The van der Waals surface area contributed by atoms with Crippen LogP contribution in [0.2, 0.25) is 0 Å². The first-order chi connectivity index (χ1) is 11.4. The number of ether oxygens (including phenoxy) is 2. The molecule has 2 rings (SSSR count). The van der Waals surface area contributed by atoms with Gasteiger partial charge in [-0.3, -0.25) is 9.59 Å². The zero-order valence-corrected chi connectivity index (χ0v) is 14.4. The predicted molar refractivity (Wildman–Crippen MR) is 91.4 cm³/mol. The van der Waals surface area contributed by atoms with Crippen molar-refractivity contribution < 1.29 is 19.1 Å². The molecule has 1 fully saturated rings. The van der Waals surface area contributed by atoms with Gasteiger partial charge in [0.05, 0.1) is 13.7 Å². The topological polar surface area (TPSA) is 81.9 Å². The van der Waals surface area contributed by atoms with Gasteiger partial charge in [0.15, 0.2) is 0 Å². The molecule has 1 aliphatic rings. The molecule has 1 saturated heterocycles. The van der Waals surface area contributed by atoms with Crippen molar-refractivity contribution in [1.82, 2.24) is 4.90 Å². The molecule has 0 saturated carbocycles. The second-order valence-electron chi connectivity index (χ2n) is 5.98. The number of primary amides is 1. The number of rotatable bonds is 6. The second kappa shape index (κ2) is 7.49. The number of hydrogen-bond donors (Lipinski definition) is 1. The zero-order chi connectivity index (χ0) is 17.7. The predicted octanol–water partition coefficient (Wildman–Crippen LogP) is 1.59. The fourth-order valence-electron chi connectivity index (χ4n) is 3.13. The summed E-state index contributed by atoms with van der Waals surface area (Å²) in [5, 5.41) is 0. The summed E-state index contributed by atoms with van der Waals surface area (Å²) >= 11 is 0. The van der Waals surface area contributed by atoms with Crippen LogP contribution in [0.3, 0.4) is 0 Å². The van der Waals surface area contributed by atoms with E-state index in [1.807, 2.05) is 31.2 Å². The van der Waals surface area contributed by atoms with E-state index < -0.39 is 11.4 Å². The summed E-state index contributed by atoms with van der Waals surface area (Å²) in [4.78, 5) is 26.2.